The fourth-order valence-electron chi connectivity index (χ4n) is 3.57. The van der Waals surface area contributed by atoms with Crippen molar-refractivity contribution in [2.75, 3.05) is 13.7 Å². The number of Topliss-reactive ketones (excluding diaryl/α,β-unsaturated/α-hetero) is 1. The van der Waals surface area contributed by atoms with Crippen LogP contribution in [0.2, 0.25) is 0 Å². The summed E-state index contributed by atoms with van der Waals surface area (Å²) in [6.45, 7) is 3.76. The highest BCUT2D eigenvalue weighted by Gasteiger charge is 2.39. The summed E-state index contributed by atoms with van der Waals surface area (Å²) in [6, 6.07) is 14.9. The van der Waals surface area contributed by atoms with Crippen molar-refractivity contribution < 1.29 is 28.4 Å². The largest absolute Gasteiger partial charge is 0.468 e. The molecule has 2 aromatic rings. The minimum atomic E-state index is -0.520. The summed E-state index contributed by atoms with van der Waals surface area (Å²) in [5.74, 6) is -0.684. The predicted octanol–water partition coefficient (Wildman–Crippen LogP) is 3.47. The number of nitrogens with zero attached hydrogens (tertiary/aromatic N) is 2. The van der Waals surface area contributed by atoms with Gasteiger partial charge >= 0.3 is 12.1 Å². The SMILES string of the molecule is CC(C)=O.COC(=O)C(c1ccccc1)C1CCCCN1C(=O)OC[n+]1ccccc1. The summed E-state index contributed by atoms with van der Waals surface area (Å²) in [4.78, 5) is 36.4. The van der Waals surface area contributed by atoms with E-state index in [1.165, 1.54) is 21.0 Å². The van der Waals surface area contributed by atoms with E-state index in [2.05, 4.69) is 0 Å². The van der Waals surface area contributed by atoms with Crippen LogP contribution in [0.4, 0.5) is 4.79 Å². The van der Waals surface area contributed by atoms with Crippen molar-refractivity contribution in [2.45, 2.75) is 51.8 Å². The van der Waals surface area contributed by atoms with Gasteiger partial charge in [0, 0.05) is 18.7 Å². The van der Waals surface area contributed by atoms with Crippen molar-refractivity contribution in [3.05, 3.63) is 66.5 Å². The van der Waals surface area contributed by atoms with Gasteiger partial charge in [-0.1, -0.05) is 36.4 Å². The number of hydrogen-bond donors (Lipinski definition) is 0. The predicted molar refractivity (Wildman–Crippen MR) is 115 cm³/mol. The summed E-state index contributed by atoms with van der Waals surface area (Å²) < 4.78 is 12.3. The number of ketones is 1. The van der Waals surface area contributed by atoms with Gasteiger partial charge in [-0.15, -0.1) is 0 Å². The molecular formula is C24H31N2O5+. The quantitative estimate of drug-likeness (QED) is 0.539. The summed E-state index contributed by atoms with van der Waals surface area (Å²) in [5.41, 5.74) is 0.853. The minimum absolute atomic E-state index is 0.136. The van der Waals surface area contributed by atoms with E-state index in [0.717, 1.165) is 24.8 Å². The van der Waals surface area contributed by atoms with Gasteiger partial charge in [-0.05, 0) is 38.7 Å². The lowest BCUT2D eigenvalue weighted by Gasteiger charge is -2.38. The topological polar surface area (TPSA) is 76.8 Å². The zero-order valence-corrected chi connectivity index (χ0v) is 18.4. The van der Waals surface area contributed by atoms with Gasteiger partial charge in [0.1, 0.15) is 11.7 Å². The van der Waals surface area contributed by atoms with Crippen molar-refractivity contribution in [1.29, 1.82) is 0 Å². The number of methoxy groups -OCH3 is 1. The number of esters is 1. The molecule has 1 amide bonds. The van der Waals surface area contributed by atoms with Crippen molar-refractivity contribution in [2.24, 2.45) is 0 Å². The fourth-order valence-corrected chi connectivity index (χ4v) is 3.57. The molecule has 2 heterocycles. The van der Waals surface area contributed by atoms with E-state index in [4.69, 9.17) is 9.47 Å². The molecule has 166 valence electrons. The lowest BCUT2D eigenvalue weighted by molar-refractivity contribution is -0.727. The van der Waals surface area contributed by atoms with Gasteiger partial charge < -0.3 is 19.2 Å². The van der Waals surface area contributed by atoms with Crippen LogP contribution in [0.5, 0.6) is 0 Å². The molecule has 0 N–H and O–H groups in total. The number of ether oxygens (including phenoxy) is 2. The lowest BCUT2D eigenvalue weighted by atomic mass is 9.85. The highest BCUT2D eigenvalue weighted by atomic mass is 16.6. The standard InChI is InChI=1S/C21H25N2O4.C3H6O/c1-26-20(24)19(17-10-4-2-5-11-17)18-12-6-9-15-23(18)21(25)27-16-22-13-7-3-8-14-22;1-3(2)4/h2-5,7-8,10-11,13-14,18-19H,6,9,12,15-16H2,1H3;1-2H3/q+1;. The van der Waals surface area contributed by atoms with E-state index >= 15 is 0 Å². The Kier molecular flexibility index (Phi) is 9.68. The smallest absolute Gasteiger partial charge is 0.414 e. The first kappa shape index (κ1) is 24.1. The first-order chi connectivity index (χ1) is 14.9. The van der Waals surface area contributed by atoms with E-state index < -0.39 is 12.0 Å². The second-order valence-electron chi connectivity index (χ2n) is 7.51. The number of carbonyl (C=O) groups is 3. The first-order valence-corrected chi connectivity index (χ1v) is 10.4. The Morgan fingerprint density at radius 2 is 1.65 bits per heavy atom. The third-order valence-electron chi connectivity index (χ3n) is 4.90. The summed E-state index contributed by atoms with van der Waals surface area (Å²) in [5, 5.41) is 0. The molecule has 3 rings (SSSR count). The highest BCUT2D eigenvalue weighted by molar-refractivity contribution is 5.80. The maximum atomic E-state index is 12.8. The maximum absolute atomic E-state index is 12.8. The molecule has 2 atom stereocenters. The molecule has 7 nitrogen and oxygen atoms in total. The van der Waals surface area contributed by atoms with Crippen LogP contribution in [-0.4, -0.2) is 42.4 Å². The average molecular weight is 428 g/mol. The number of hydrogen-bond acceptors (Lipinski definition) is 5. The van der Waals surface area contributed by atoms with Crippen LogP contribution >= 0.6 is 0 Å². The Hall–Kier alpha value is -3.22. The fraction of sp³-hybridized carbons (Fsp3) is 0.417. The summed E-state index contributed by atoms with van der Waals surface area (Å²) in [6.07, 6.45) is 5.86. The Morgan fingerprint density at radius 1 is 1.03 bits per heavy atom. The van der Waals surface area contributed by atoms with Crippen LogP contribution in [0, 0.1) is 0 Å². The number of rotatable bonds is 5. The van der Waals surface area contributed by atoms with E-state index in [9.17, 15) is 14.4 Å². The van der Waals surface area contributed by atoms with Gasteiger partial charge in [0.05, 0.1) is 13.2 Å². The monoisotopic (exact) mass is 427 g/mol. The number of amides is 1. The first-order valence-electron chi connectivity index (χ1n) is 10.4. The van der Waals surface area contributed by atoms with Gasteiger partial charge in [0.2, 0.25) is 0 Å². The molecule has 1 fully saturated rings. The second-order valence-corrected chi connectivity index (χ2v) is 7.51. The molecule has 1 aliphatic heterocycles. The van der Waals surface area contributed by atoms with E-state index in [0.29, 0.717) is 6.54 Å². The summed E-state index contributed by atoms with van der Waals surface area (Å²) in [7, 11) is 1.38. The van der Waals surface area contributed by atoms with E-state index in [1.807, 2.05) is 60.9 Å². The van der Waals surface area contributed by atoms with Crippen LogP contribution in [-0.2, 0) is 25.8 Å². The molecule has 1 saturated heterocycles. The normalized spacial score (nSPS) is 16.4. The zero-order chi connectivity index (χ0) is 22.6. The van der Waals surface area contributed by atoms with Crippen LogP contribution < -0.4 is 4.57 Å². The molecule has 0 aliphatic carbocycles. The van der Waals surface area contributed by atoms with Gasteiger partial charge in [0.15, 0.2) is 12.4 Å². The third-order valence-corrected chi connectivity index (χ3v) is 4.90. The molecule has 0 spiro atoms. The van der Waals surface area contributed by atoms with Crippen molar-refractivity contribution >= 4 is 17.8 Å². The van der Waals surface area contributed by atoms with Crippen LogP contribution in [0.1, 0.15) is 44.6 Å². The molecule has 0 saturated carbocycles. The lowest BCUT2D eigenvalue weighted by Crippen LogP contribution is -2.50. The van der Waals surface area contributed by atoms with Gasteiger partial charge in [-0.2, -0.15) is 4.57 Å². The molecule has 7 heteroatoms. The van der Waals surface area contributed by atoms with Crippen LogP contribution in [0.25, 0.3) is 0 Å². The molecular weight excluding hydrogens is 396 g/mol. The number of carbonyl (C=O) groups excluding carboxylic acids is 3. The van der Waals surface area contributed by atoms with Crippen molar-refractivity contribution in [3.63, 3.8) is 0 Å². The molecule has 1 aromatic carbocycles. The molecule has 0 radical (unpaired) electrons. The van der Waals surface area contributed by atoms with Gasteiger partial charge in [0.25, 0.3) is 6.73 Å². The minimum Gasteiger partial charge on any atom is -0.468 e. The van der Waals surface area contributed by atoms with Gasteiger partial charge in [-0.25, -0.2) is 4.79 Å². The molecule has 1 aromatic heterocycles. The highest BCUT2D eigenvalue weighted by Crippen LogP contribution is 2.32. The molecule has 2 unspecified atom stereocenters. The van der Waals surface area contributed by atoms with Crippen LogP contribution in [0.15, 0.2) is 60.9 Å². The number of aromatic nitrogens is 1. The van der Waals surface area contributed by atoms with Gasteiger partial charge in [-0.3, -0.25) is 4.79 Å². The maximum Gasteiger partial charge on any atom is 0.414 e. The zero-order valence-electron chi connectivity index (χ0n) is 18.4. The third kappa shape index (κ3) is 7.51. The van der Waals surface area contributed by atoms with Crippen LogP contribution in [0.3, 0.4) is 0 Å². The molecule has 0 bridgehead atoms. The number of benzene rings is 1. The number of piperidine rings is 1. The Morgan fingerprint density at radius 3 is 2.26 bits per heavy atom. The number of pyridine rings is 1. The Labute approximate surface area is 183 Å². The second kappa shape index (κ2) is 12.5. The average Bonchev–Trinajstić information content (AvgIpc) is 2.79. The number of likely N-dealkylation sites (tertiary alicyclic amines) is 1. The Bertz CT molecular complexity index is 838. The van der Waals surface area contributed by atoms with E-state index in [1.54, 1.807) is 9.47 Å². The van der Waals surface area contributed by atoms with E-state index in [-0.39, 0.29) is 24.5 Å². The van der Waals surface area contributed by atoms with Crippen molar-refractivity contribution in [1.82, 2.24) is 4.90 Å². The molecule has 1 aliphatic rings. The molecule has 31 heavy (non-hydrogen) atoms. The van der Waals surface area contributed by atoms with Crippen molar-refractivity contribution in [3.8, 4) is 0 Å². The Balaban J connectivity index is 0.000000785. The summed E-state index contributed by atoms with van der Waals surface area (Å²) >= 11 is 0.